The van der Waals surface area contributed by atoms with Crippen LogP contribution in [-0.4, -0.2) is 18.4 Å². The molecule has 1 saturated heterocycles. The predicted molar refractivity (Wildman–Crippen MR) is 63.9 cm³/mol. The van der Waals surface area contributed by atoms with Crippen LogP contribution in [0.3, 0.4) is 0 Å². The molecule has 18 heavy (non-hydrogen) atoms. The van der Waals surface area contributed by atoms with Crippen LogP contribution in [0.25, 0.3) is 0 Å². The van der Waals surface area contributed by atoms with Gasteiger partial charge in [0.25, 0.3) is 0 Å². The number of imide groups is 1. The highest BCUT2D eigenvalue weighted by atomic mass is 16.5. The molecule has 92 valence electrons. The number of hydrogen-bond acceptors (Lipinski definition) is 4. The van der Waals surface area contributed by atoms with E-state index in [1.54, 1.807) is 24.3 Å². The van der Waals surface area contributed by atoms with Gasteiger partial charge in [-0.1, -0.05) is 0 Å². The summed E-state index contributed by atoms with van der Waals surface area (Å²) in [5.41, 5.74) is 0.550. The van der Waals surface area contributed by atoms with Crippen molar-refractivity contribution in [3.63, 3.8) is 0 Å². The van der Waals surface area contributed by atoms with E-state index in [0.29, 0.717) is 30.7 Å². The lowest BCUT2D eigenvalue weighted by molar-refractivity contribution is -0.129. The summed E-state index contributed by atoms with van der Waals surface area (Å²) in [5.74, 6) is 0.200. The number of amides is 2. The molecule has 1 aliphatic heterocycles. The van der Waals surface area contributed by atoms with E-state index in [9.17, 15) is 9.59 Å². The molecule has 0 saturated carbocycles. The number of nitrogens with zero attached hydrogens (tertiary/aromatic N) is 2. The van der Waals surface area contributed by atoms with Crippen molar-refractivity contribution in [1.29, 1.82) is 5.26 Å². The molecule has 1 aromatic rings. The Morgan fingerprint density at radius 2 is 1.78 bits per heavy atom. The Hall–Kier alpha value is -2.35. The summed E-state index contributed by atoms with van der Waals surface area (Å²) in [6, 6.07) is 8.44. The number of hydrogen-bond donors (Lipinski definition) is 0. The van der Waals surface area contributed by atoms with E-state index in [4.69, 9.17) is 10.00 Å². The number of piperidine rings is 1. The van der Waals surface area contributed by atoms with Crippen LogP contribution in [0.1, 0.15) is 19.3 Å². The fourth-order valence-corrected chi connectivity index (χ4v) is 1.85. The van der Waals surface area contributed by atoms with Gasteiger partial charge in [-0.15, -0.1) is 0 Å². The van der Waals surface area contributed by atoms with E-state index in [1.807, 2.05) is 6.07 Å². The van der Waals surface area contributed by atoms with Crippen molar-refractivity contribution >= 4 is 17.5 Å². The van der Waals surface area contributed by atoms with Gasteiger partial charge < -0.3 is 4.74 Å². The van der Waals surface area contributed by atoms with Gasteiger partial charge in [0.2, 0.25) is 11.8 Å². The van der Waals surface area contributed by atoms with Gasteiger partial charge >= 0.3 is 0 Å². The summed E-state index contributed by atoms with van der Waals surface area (Å²) < 4.78 is 5.10. The Morgan fingerprint density at radius 1 is 1.17 bits per heavy atom. The average Bonchev–Trinajstić information content (AvgIpc) is 2.37. The first-order valence-corrected chi connectivity index (χ1v) is 5.68. The van der Waals surface area contributed by atoms with Gasteiger partial charge in [-0.3, -0.25) is 14.5 Å². The monoisotopic (exact) mass is 244 g/mol. The Morgan fingerprint density at radius 3 is 2.33 bits per heavy atom. The fourth-order valence-electron chi connectivity index (χ4n) is 1.85. The van der Waals surface area contributed by atoms with Crippen molar-refractivity contribution in [2.24, 2.45) is 0 Å². The van der Waals surface area contributed by atoms with Gasteiger partial charge in [-0.2, -0.15) is 5.26 Å². The zero-order chi connectivity index (χ0) is 13.0. The Labute approximate surface area is 105 Å². The van der Waals surface area contributed by atoms with E-state index in [1.165, 1.54) is 4.90 Å². The van der Waals surface area contributed by atoms with E-state index in [0.717, 1.165) is 0 Å². The van der Waals surface area contributed by atoms with Crippen molar-refractivity contribution < 1.29 is 14.3 Å². The molecule has 0 N–H and O–H groups in total. The van der Waals surface area contributed by atoms with Gasteiger partial charge in [0.15, 0.2) is 6.61 Å². The molecular formula is C13H12N2O3. The van der Waals surface area contributed by atoms with Crippen molar-refractivity contribution in [2.45, 2.75) is 19.3 Å². The lowest BCUT2D eigenvalue weighted by atomic mass is 10.1. The second-order valence-electron chi connectivity index (χ2n) is 3.92. The second-order valence-corrected chi connectivity index (χ2v) is 3.92. The van der Waals surface area contributed by atoms with Crippen LogP contribution in [0.4, 0.5) is 5.69 Å². The summed E-state index contributed by atoms with van der Waals surface area (Å²) in [6.45, 7) is -0.0269. The van der Waals surface area contributed by atoms with Crippen LogP contribution in [0.2, 0.25) is 0 Å². The Balaban J connectivity index is 2.15. The molecule has 5 heteroatoms. The van der Waals surface area contributed by atoms with Crippen LogP contribution in [-0.2, 0) is 9.59 Å². The lowest BCUT2D eigenvalue weighted by Crippen LogP contribution is -2.40. The minimum atomic E-state index is -0.169. The number of rotatable bonds is 3. The summed E-state index contributed by atoms with van der Waals surface area (Å²) in [4.78, 5) is 24.6. The number of nitriles is 1. The zero-order valence-electron chi connectivity index (χ0n) is 9.76. The third kappa shape index (κ3) is 2.48. The smallest absolute Gasteiger partial charge is 0.233 e. The maximum Gasteiger partial charge on any atom is 0.233 e. The van der Waals surface area contributed by atoms with Crippen LogP contribution < -0.4 is 9.64 Å². The Bertz CT molecular complexity index is 486. The zero-order valence-corrected chi connectivity index (χ0v) is 9.76. The number of carbonyl (C=O) groups excluding carboxylic acids is 2. The number of anilines is 1. The molecule has 0 aliphatic carbocycles. The summed E-state index contributed by atoms with van der Waals surface area (Å²) >= 11 is 0. The molecule has 0 unspecified atom stereocenters. The number of benzene rings is 1. The molecule has 1 aliphatic rings. The molecule has 0 radical (unpaired) electrons. The largest absolute Gasteiger partial charge is 0.479 e. The summed E-state index contributed by atoms with van der Waals surface area (Å²) in [6.07, 6.45) is 1.42. The molecule has 2 amide bonds. The average molecular weight is 244 g/mol. The quantitative estimate of drug-likeness (QED) is 0.758. The molecule has 0 spiro atoms. The third-order valence-corrected chi connectivity index (χ3v) is 2.68. The molecule has 0 bridgehead atoms. The van der Waals surface area contributed by atoms with Crippen molar-refractivity contribution in [1.82, 2.24) is 0 Å². The van der Waals surface area contributed by atoms with Gasteiger partial charge in [0.1, 0.15) is 11.8 Å². The van der Waals surface area contributed by atoms with Gasteiger partial charge in [0, 0.05) is 12.8 Å². The van der Waals surface area contributed by atoms with Crippen LogP contribution in [0, 0.1) is 11.3 Å². The molecular weight excluding hydrogens is 232 g/mol. The van der Waals surface area contributed by atoms with E-state index in [2.05, 4.69) is 0 Å². The van der Waals surface area contributed by atoms with Crippen molar-refractivity contribution in [3.05, 3.63) is 24.3 Å². The van der Waals surface area contributed by atoms with E-state index in [-0.39, 0.29) is 18.4 Å². The summed E-state index contributed by atoms with van der Waals surface area (Å²) in [5, 5.41) is 8.38. The van der Waals surface area contributed by atoms with Crippen LogP contribution in [0.15, 0.2) is 24.3 Å². The molecule has 2 rings (SSSR count). The number of carbonyl (C=O) groups is 2. The van der Waals surface area contributed by atoms with Crippen molar-refractivity contribution in [3.8, 4) is 11.8 Å². The summed E-state index contributed by atoms with van der Waals surface area (Å²) in [7, 11) is 0. The standard InChI is InChI=1S/C13H12N2O3/c14-8-9-18-11-6-4-10(5-7-11)15-12(16)2-1-3-13(15)17/h4-7H,1-3,9H2. The fraction of sp³-hybridized carbons (Fsp3) is 0.308. The minimum Gasteiger partial charge on any atom is -0.479 e. The highest BCUT2D eigenvalue weighted by Gasteiger charge is 2.27. The van der Waals surface area contributed by atoms with Gasteiger partial charge in [-0.25, -0.2) is 0 Å². The van der Waals surface area contributed by atoms with E-state index >= 15 is 0 Å². The molecule has 1 aromatic carbocycles. The third-order valence-electron chi connectivity index (χ3n) is 2.68. The highest BCUT2D eigenvalue weighted by molar-refractivity contribution is 6.16. The second kappa shape index (κ2) is 5.32. The number of ether oxygens (including phenoxy) is 1. The normalized spacial score (nSPS) is 15.4. The lowest BCUT2D eigenvalue weighted by Gasteiger charge is -2.24. The van der Waals surface area contributed by atoms with Crippen LogP contribution in [0.5, 0.6) is 5.75 Å². The first-order valence-electron chi connectivity index (χ1n) is 5.68. The predicted octanol–water partition coefficient (Wildman–Crippen LogP) is 1.63. The molecule has 0 atom stereocenters. The maximum absolute atomic E-state index is 11.7. The SMILES string of the molecule is N#CCOc1ccc(N2C(=O)CCCC2=O)cc1. The van der Waals surface area contributed by atoms with Crippen molar-refractivity contribution in [2.75, 3.05) is 11.5 Å². The molecule has 1 fully saturated rings. The Kier molecular flexibility index (Phi) is 3.58. The molecule has 0 aromatic heterocycles. The maximum atomic E-state index is 11.7. The topological polar surface area (TPSA) is 70.4 Å². The van der Waals surface area contributed by atoms with Gasteiger partial charge in [0.05, 0.1) is 5.69 Å². The first-order chi connectivity index (χ1) is 8.72. The molecule has 5 nitrogen and oxygen atoms in total. The van der Waals surface area contributed by atoms with Gasteiger partial charge in [-0.05, 0) is 30.7 Å². The van der Waals surface area contributed by atoms with E-state index < -0.39 is 0 Å². The van der Waals surface area contributed by atoms with Crippen LogP contribution >= 0.6 is 0 Å². The molecule has 1 heterocycles. The minimum absolute atomic E-state index is 0.0269. The highest BCUT2D eigenvalue weighted by Crippen LogP contribution is 2.24. The first kappa shape index (κ1) is 12.1.